The molecule has 5 aromatic rings. The van der Waals surface area contributed by atoms with Crippen molar-refractivity contribution in [1.82, 2.24) is 29.9 Å². The zero-order chi connectivity index (χ0) is 21.5. The first-order valence-electron chi connectivity index (χ1n) is 9.76. The molecule has 1 atom stereocenters. The lowest BCUT2D eigenvalue weighted by atomic mass is 10.0. The van der Waals surface area contributed by atoms with Crippen LogP contribution in [0.15, 0.2) is 48.8 Å². The van der Waals surface area contributed by atoms with Gasteiger partial charge in [-0.15, -0.1) is 0 Å². The predicted octanol–water partition coefficient (Wildman–Crippen LogP) is 4.17. The lowest BCUT2D eigenvalue weighted by Gasteiger charge is -2.19. The molecule has 5 rings (SSSR count). The number of halogens is 1. The maximum Gasteiger partial charge on any atom is 0.224 e. The number of hydrogen-bond acceptors (Lipinski definition) is 7. The average molecular weight is 414 g/mol. The van der Waals surface area contributed by atoms with Crippen LogP contribution in [-0.4, -0.2) is 29.9 Å². The highest BCUT2D eigenvalue weighted by Crippen LogP contribution is 2.31. The summed E-state index contributed by atoms with van der Waals surface area (Å²) in [5.74, 6) is 0.316. The molecule has 0 spiro atoms. The van der Waals surface area contributed by atoms with Gasteiger partial charge in [-0.25, -0.2) is 19.3 Å². The second-order valence-electron chi connectivity index (χ2n) is 7.30. The van der Waals surface area contributed by atoms with E-state index in [1.54, 1.807) is 12.1 Å². The van der Waals surface area contributed by atoms with Gasteiger partial charge in [-0.1, -0.05) is 12.1 Å². The first-order valence-corrected chi connectivity index (χ1v) is 9.76. The van der Waals surface area contributed by atoms with Gasteiger partial charge < -0.3 is 16.0 Å². The van der Waals surface area contributed by atoms with E-state index in [0.717, 1.165) is 22.2 Å². The smallest absolute Gasteiger partial charge is 0.224 e. The number of aromatic nitrogens is 6. The SMILES string of the molecule is Cc1cccc2nc(C(C)Nc3nc(N)nc4[nH]cnc34)c(-c3ccc(F)cc3)nc12. The zero-order valence-electron chi connectivity index (χ0n) is 16.9. The summed E-state index contributed by atoms with van der Waals surface area (Å²) < 4.78 is 13.5. The Morgan fingerprint density at radius 2 is 1.81 bits per heavy atom. The first kappa shape index (κ1) is 18.9. The fourth-order valence-corrected chi connectivity index (χ4v) is 3.58. The number of imidazole rings is 1. The summed E-state index contributed by atoms with van der Waals surface area (Å²) in [5, 5.41) is 3.34. The lowest BCUT2D eigenvalue weighted by Crippen LogP contribution is -2.14. The van der Waals surface area contributed by atoms with Crippen molar-refractivity contribution >= 4 is 34.0 Å². The Hall–Kier alpha value is -4.14. The van der Waals surface area contributed by atoms with Gasteiger partial charge in [0.05, 0.1) is 34.8 Å². The molecule has 2 aromatic carbocycles. The molecule has 8 nitrogen and oxygen atoms in total. The van der Waals surface area contributed by atoms with Crippen molar-refractivity contribution < 1.29 is 4.39 Å². The molecular weight excluding hydrogens is 395 g/mol. The van der Waals surface area contributed by atoms with Crippen LogP contribution in [0.25, 0.3) is 33.5 Å². The minimum absolute atomic E-state index is 0.130. The van der Waals surface area contributed by atoms with E-state index < -0.39 is 0 Å². The van der Waals surface area contributed by atoms with Crippen molar-refractivity contribution in [2.45, 2.75) is 19.9 Å². The van der Waals surface area contributed by atoms with Crippen LogP contribution in [0, 0.1) is 12.7 Å². The number of nitrogens with two attached hydrogens (primary N) is 1. The quantitative estimate of drug-likeness (QED) is 0.404. The minimum Gasteiger partial charge on any atom is -0.368 e. The molecule has 0 radical (unpaired) electrons. The monoisotopic (exact) mass is 414 g/mol. The van der Waals surface area contributed by atoms with Crippen molar-refractivity contribution in [3.63, 3.8) is 0 Å². The second-order valence-corrected chi connectivity index (χ2v) is 7.30. The van der Waals surface area contributed by atoms with Gasteiger partial charge in [0, 0.05) is 5.56 Å². The summed E-state index contributed by atoms with van der Waals surface area (Å²) in [6.07, 6.45) is 1.54. The van der Waals surface area contributed by atoms with Gasteiger partial charge >= 0.3 is 0 Å². The summed E-state index contributed by atoms with van der Waals surface area (Å²) in [6.45, 7) is 3.94. The van der Waals surface area contributed by atoms with Crippen molar-refractivity contribution in [1.29, 1.82) is 0 Å². The van der Waals surface area contributed by atoms with E-state index in [0.29, 0.717) is 28.4 Å². The lowest BCUT2D eigenvalue weighted by molar-refractivity contribution is 0.628. The van der Waals surface area contributed by atoms with Crippen molar-refractivity contribution in [2.75, 3.05) is 11.1 Å². The predicted molar refractivity (Wildman–Crippen MR) is 118 cm³/mol. The highest BCUT2D eigenvalue weighted by molar-refractivity contribution is 5.84. The molecule has 0 bridgehead atoms. The van der Waals surface area contributed by atoms with Crippen LogP contribution in [0.2, 0.25) is 0 Å². The van der Waals surface area contributed by atoms with Crippen molar-refractivity contribution in [3.05, 3.63) is 65.9 Å². The standard InChI is InChI=1S/C22H19FN8/c1-11-4-3-5-15-16(11)29-18(13-6-8-14(23)9-7-13)17(28-15)12(2)27-21-19-20(26-10-25-19)30-22(24)31-21/h3-10,12H,1-2H3,(H4,24,25,26,27,30,31). The number of H-pyrrole nitrogens is 1. The van der Waals surface area contributed by atoms with Crippen molar-refractivity contribution in [2.24, 2.45) is 0 Å². The number of hydrogen-bond donors (Lipinski definition) is 3. The third-order valence-corrected chi connectivity index (χ3v) is 5.10. The molecule has 4 N–H and O–H groups in total. The van der Waals surface area contributed by atoms with Gasteiger partial charge in [0.2, 0.25) is 5.95 Å². The van der Waals surface area contributed by atoms with E-state index >= 15 is 0 Å². The van der Waals surface area contributed by atoms with Gasteiger partial charge in [-0.3, -0.25) is 0 Å². The van der Waals surface area contributed by atoms with Crippen LogP contribution >= 0.6 is 0 Å². The summed E-state index contributed by atoms with van der Waals surface area (Å²) in [6, 6.07) is 11.8. The Labute approximate surface area is 176 Å². The molecule has 9 heteroatoms. The number of rotatable bonds is 4. The number of para-hydroxylation sites is 1. The Morgan fingerprint density at radius 3 is 2.61 bits per heavy atom. The molecule has 0 aliphatic heterocycles. The van der Waals surface area contributed by atoms with Crippen LogP contribution in [0.3, 0.4) is 0 Å². The van der Waals surface area contributed by atoms with Gasteiger partial charge in [0.1, 0.15) is 11.3 Å². The average Bonchev–Trinajstić information content (AvgIpc) is 3.22. The third-order valence-electron chi connectivity index (χ3n) is 5.10. The van der Waals surface area contributed by atoms with Gasteiger partial charge in [-0.05, 0) is 49.7 Å². The normalized spacial score (nSPS) is 12.4. The maximum absolute atomic E-state index is 13.5. The number of anilines is 2. The summed E-state index contributed by atoms with van der Waals surface area (Å²) in [7, 11) is 0. The molecular formula is C22H19FN8. The molecule has 0 aliphatic carbocycles. The summed E-state index contributed by atoms with van der Waals surface area (Å²) >= 11 is 0. The highest BCUT2D eigenvalue weighted by Gasteiger charge is 2.20. The molecule has 0 saturated heterocycles. The number of nitrogens with zero attached hydrogens (tertiary/aromatic N) is 5. The van der Waals surface area contributed by atoms with Gasteiger partial charge in [0.25, 0.3) is 0 Å². The highest BCUT2D eigenvalue weighted by atomic mass is 19.1. The largest absolute Gasteiger partial charge is 0.368 e. The number of nitrogens with one attached hydrogen (secondary N) is 2. The van der Waals surface area contributed by atoms with Crippen molar-refractivity contribution in [3.8, 4) is 11.3 Å². The Kier molecular flexibility index (Phi) is 4.43. The van der Waals surface area contributed by atoms with E-state index in [9.17, 15) is 4.39 Å². The molecule has 0 fully saturated rings. The molecule has 31 heavy (non-hydrogen) atoms. The fraction of sp³-hybridized carbons (Fsp3) is 0.136. The molecule has 154 valence electrons. The topological polar surface area (TPSA) is 118 Å². The fourth-order valence-electron chi connectivity index (χ4n) is 3.58. The number of nitrogen functional groups attached to an aromatic ring is 1. The first-order chi connectivity index (χ1) is 15.0. The van der Waals surface area contributed by atoms with Gasteiger partial charge in [0.15, 0.2) is 11.5 Å². The Morgan fingerprint density at radius 1 is 1.00 bits per heavy atom. The van der Waals surface area contributed by atoms with Crippen LogP contribution in [-0.2, 0) is 0 Å². The third kappa shape index (κ3) is 3.39. The summed E-state index contributed by atoms with van der Waals surface area (Å²) in [5.41, 5.74) is 11.7. The minimum atomic E-state index is -0.307. The van der Waals surface area contributed by atoms with E-state index in [4.69, 9.17) is 15.7 Å². The van der Waals surface area contributed by atoms with Crippen LogP contribution in [0.5, 0.6) is 0 Å². The number of benzene rings is 2. The van der Waals surface area contributed by atoms with E-state index in [-0.39, 0.29) is 17.8 Å². The molecule has 0 saturated carbocycles. The number of aryl methyl sites for hydroxylation is 1. The zero-order valence-corrected chi connectivity index (χ0v) is 16.9. The molecule has 0 amide bonds. The van der Waals surface area contributed by atoms with E-state index in [2.05, 4.69) is 25.3 Å². The van der Waals surface area contributed by atoms with E-state index in [1.807, 2.05) is 32.0 Å². The Bertz CT molecular complexity index is 1410. The van der Waals surface area contributed by atoms with E-state index in [1.165, 1.54) is 18.5 Å². The van der Waals surface area contributed by atoms with Crippen LogP contribution < -0.4 is 11.1 Å². The molecule has 0 aliphatic rings. The summed E-state index contributed by atoms with van der Waals surface area (Å²) in [4.78, 5) is 25.5. The molecule has 3 heterocycles. The van der Waals surface area contributed by atoms with Crippen LogP contribution in [0.1, 0.15) is 24.2 Å². The van der Waals surface area contributed by atoms with Gasteiger partial charge in [-0.2, -0.15) is 9.97 Å². The molecule has 1 unspecified atom stereocenters. The molecule has 3 aromatic heterocycles. The number of aromatic amines is 1. The van der Waals surface area contributed by atoms with Crippen LogP contribution in [0.4, 0.5) is 16.2 Å². The Balaban J connectivity index is 1.66. The second kappa shape index (κ2) is 7.28. The maximum atomic E-state index is 13.5. The number of fused-ring (bicyclic) bond motifs is 2.